The van der Waals surface area contributed by atoms with Crippen LogP contribution in [0.25, 0.3) is 10.8 Å². The van der Waals surface area contributed by atoms with Gasteiger partial charge in [-0.25, -0.2) is 0 Å². The van der Waals surface area contributed by atoms with E-state index in [0.717, 1.165) is 6.07 Å². The summed E-state index contributed by atoms with van der Waals surface area (Å²) in [5, 5.41) is 23.4. The first-order chi connectivity index (χ1) is 7.11. The Labute approximate surface area is 147 Å². The molecule has 0 aliphatic rings. The number of hydrogen-bond acceptors (Lipinski definition) is 3. The molecule has 0 amide bonds. The summed E-state index contributed by atoms with van der Waals surface area (Å²) in [5.74, 6) is -2.07. The largest absolute Gasteiger partial charge is 1.00 e. The molecule has 0 aliphatic heterocycles. The van der Waals surface area contributed by atoms with E-state index in [0.29, 0.717) is 10.8 Å². The van der Waals surface area contributed by atoms with Crippen molar-refractivity contribution >= 4 is 28.3 Å². The fourth-order valence-corrected chi connectivity index (χ4v) is 1.73. The maximum atomic E-state index is 11.6. The summed E-state index contributed by atoms with van der Waals surface area (Å²) in [6.07, 6.45) is 0. The van der Waals surface area contributed by atoms with Crippen LogP contribution >= 0.6 is 11.6 Å². The van der Waals surface area contributed by atoms with Crippen LogP contribution in [0.5, 0.6) is 5.75 Å². The van der Waals surface area contributed by atoms with Gasteiger partial charge in [0.05, 0.1) is 5.97 Å². The van der Waals surface area contributed by atoms with Gasteiger partial charge in [0.1, 0.15) is 0 Å². The smallest absolute Gasteiger partial charge is 0.872 e. The number of carbonyl (C=O) groups is 1. The summed E-state index contributed by atoms with van der Waals surface area (Å²) >= 11 is 5.85. The molecule has 17 heavy (non-hydrogen) atoms. The van der Waals surface area contributed by atoms with Gasteiger partial charge in [-0.15, -0.1) is 0 Å². The molecule has 0 heterocycles. The molecular weight excluding hydrogens is 262 g/mol. The summed E-state index contributed by atoms with van der Waals surface area (Å²) in [5.41, 5.74) is -0.404. The van der Waals surface area contributed by atoms with E-state index in [2.05, 4.69) is 0 Å². The Balaban J connectivity index is 0.00000128. The van der Waals surface area contributed by atoms with Gasteiger partial charge in [0.15, 0.2) is 0 Å². The summed E-state index contributed by atoms with van der Waals surface area (Å²) < 4.78 is 0. The summed E-state index contributed by atoms with van der Waals surface area (Å²) in [4.78, 5) is 10.6. The van der Waals surface area contributed by atoms with Crippen LogP contribution in [0.3, 0.4) is 0 Å². The molecule has 2 rings (SSSR count). The van der Waals surface area contributed by atoms with Crippen molar-refractivity contribution in [3.05, 3.63) is 40.9 Å². The van der Waals surface area contributed by atoms with Gasteiger partial charge in [0.2, 0.25) is 0 Å². The Morgan fingerprint density at radius 3 is 2.18 bits per heavy atom. The molecule has 2 aromatic rings. The van der Waals surface area contributed by atoms with E-state index in [1.165, 1.54) is 6.07 Å². The van der Waals surface area contributed by atoms with Crippen LogP contribution < -0.4 is 69.3 Å². The number of halogens is 1. The van der Waals surface area contributed by atoms with Gasteiger partial charge in [-0.1, -0.05) is 41.6 Å². The van der Waals surface area contributed by atoms with Crippen LogP contribution in [-0.4, -0.2) is 5.97 Å². The Morgan fingerprint density at radius 2 is 1.65 bits per heavy atom. The average molecular weight is 267 g/mol. The average Bonchev–Trinajstić information content (AvgIpc) is 2.23. The number of hydrogen-bond donors (Lipinski definition) is 0. The predicted molar refractivity (Wildman–Crippen MR) is 52.7 cm³/mol. The van der Waals surface area contributed by atoms with E-state index in [9.17, 15) is 15.0 Å². The molecule has 0 radical (unpaired) electrons. The topological polar surface area (TPSA) is 63.2 Å². The van der Waals surface area contributed by atoms with Crippen LogP contribution in [0.15, 0.2) is 30.3 Å². The van der Waals surface area contributed by atoms with Crippen molar-refractivity contribution in [1.82, 2.24) is 0 Å². The zero-order valence-corrected chi connectivity index (χ0v) is 14.2. The molecule has 0 bridgehead atoms. The van der Waals surface area contributed by atoms with E-state index in [1.54, 1.807) is 18.2 Å². The molecular formula is C11H5ClNa2O3. The van der Waals surface area contributed by atoms with Gasteiger partial charge >= 0.3 is 59.1 Å². The van der Waals surface area contributed by atoms with Crippen molar-refractivity contribution < 1.29 is 74.1 Å². The van der Waals surface area contributed by atoms with E-state index >= 15 is 0 Å². The summed E-state index contributed by atoms with van der Waals surface area (Å²) in [6.45, 7) is 0. The normalized spacial score (nSPS) is 9.24. The van der Waals surface area contributed by atoms with Crippen molar-refractivity contribution in [2.45, 2.75) is 0 Å². The zero-order valence-electron chi connectivity index (χ0n) is 9.49. The molecule has 0 saturated carbocycles. The Morgan fingerprint density at radius 1 is 1.12 bits per heavy atom. The van der Waals surface area contributed by atoms with Crippen molar-refractivity contribution in [3.8, 4) is 5.75 Å². The maximum Gasteiger partial charge on any atom is 1.00 e. The molecule has 0 atom stereocenters. The number of carbonyl (C=O) groups excluding carboxylic acids is 1. The fourth-order valence-electron chi connectivity index (χ4n) is 1.46. The third kappa shape index (κ3) is 3.38. The molecule has 0 saturated heterocycles. The van der Waals surface area contributed by atoms with E-state index in [1.807, 2.05) is 0 Å². The second-order valence-electron chi connectivity index (χ2n) is 3.07. The minimum atomic E-state index is -1.51. The molecule has 0 fully saturated rings. The van der Waals surface area contributed by atoms with Gasteiger partial charge < -0.3 is 15.0 Å². The van der Waals surface area contributed by atoms with E-state index in [-0.39, 0.29) is 64.1 Å². The van der Waals surface area contributed by atoms with Crippen molar-refractivity contribution in [1.29, 1.82) is 0 Å². The van der Waals surface area contributed by atoms with Crippen LogP contribution in [0, 0.1) is 0 Å². The fraction of sp³-hybridized carbons (Fsp3) is 0. The minimum Gasteiger partial charge on any atom is -0.872 e. The number of aromatic carboxylic acids is 1. The first kappa shape index (κ1) is 17.3. The molecule has 3 nitrogen and oxygen atoms in total. The van der Waals surface area contributed by atoms with Crippen LogP contribution in [0.1, 0.15) is 10.4 Å². The molecule has 0 N–H and O–H groups in total. The summed E-state index contributed by atoms with van der Waals surface area (Å²) in [6, 6.07) is 7.71. The molecule has 0 unspecified atom stereocenters. The molecule has 2 aromatic carbocycles. The third-order valence-corrected chi connectivity index (χ3v) is 2.48. The maximum absolute atomic E-state index is 11.6. The number of carboxylic acid groups (broad SMARTS) is 1. The quantitative estimate of drug-likeness (QED) is 0.485. The molecule has 6 heteroatoms. The van der Waals surface area contributed by atoms with Crippen LogP contribution in [0.4, 0.5) is 0 Å². The first-order valence-electron chi connectivity index (χ1n) is 4.21. The van der Waals surface area contributed by atoms with Gasteiger partial charge in [0.25, 0.3) is 0 Å². The summed E-state index contributed by atoms with van der Waals surface area (Å²) in [7, 11) is 0. The second kappa shape index (κ2) is 7.00. The predicted octanol–water partition coefficient (Wildman–Crippen LogP) is -5.06. The first-order valence-corrected chi connectivity index (χ1v) is 4.58. The Kier molecular flexibility index (Phi) is 7.11. The number of benzene rings is 2. The number of rotatable bonds is 1. The van der Waals surface area contributed by atoms with Crippen molar-refractivity contribution in [2.24, 2.45) is 0 Å². The van der Waals surface area contributed by atoms with Gasteiger partial charge in [0, 0.05) is 5.02 Å². The molecule has 0 aliphatic carbocycles. The Hall–Kier alpha value is 0.260. The van der Waals surface area contributed by atoms with Gasteiger partial charge in [-0.05, 0) is 22.4 Å². The third-order valence-electron chi connectivity index (χ3n) is 2.16. The number of carboxylic acids is 1. The van der Waals surface area contributed by atoms with Gasteiger partial charge in [-0.2, -0.15) is 0 Å². The van der Waals surface area contributed by atoms with Crippen LogP contribution in [-0.2, 0) is 0 Å². The van der Waals surface area contributed by atoms with E-state index in [4.69, 9.17) is 11.6 Å². The molecule has 0 aromatic heterocycles. The van der Waals surface area contributed by atoms with Crippen molar-refractivity contribution in [2.75, 3.05) is 0 Å². The standard InChI is InChI=1S/C11H7ClO3.2Na/c12-9-5-8(11(14)15)10(13)7-4-2-1-3-6(7)9;;/h1-5,13H,(H,14,15);;/q;2*+1/p-2. The van der Waals surface area contributed by atoms with E-state index < -0.39 is 17.3 Å². The monoisotopic (exact) mass is 266 g/mol. The number of fused-ring (bicyclic) bond motifs is 1. The molecule has 76 valence electrons. The van der Waals surface area contributed by atoms with Gasteiger partial charge in [-0.3, -0.25) is 0 Å². The second-order valence-corrected chi connectivity index (χ2v) is 3.48. The Bertz CT molecular complexity index is 558. The molecule has 0 spiro atoms. The minimum absolute atomic E-state index is 0. The SMILES string of the molecule is O=C([O-])c1cc(Cl)c2ccccc2c1[O-].[Na+].[Na+]. The van der Waals surface area contributed by atoms with Crippen molar-refractivity contribution in [3.63, 3.8) is 0 Å². The van der Waals surface area contributed by atoms with Crippen LogP contribution in [0.2, 0.25) is 5.02 Å². The zero-order chi connectivity index (χ0) is 11.0.